The van der Waals surface area contributed by atoms with E-state index in [0.717, 1.165) is 22.8 Å². The molecule has 3 aromatic rings. The zero-order valence-corrected chi connectivity index (χ0v) is 21.9. The average molecular weight is 528 g/mol. The number of anilines is 1. The predicted molar refractivity (Wildman–Crippen MR) is 147 cm³/mol. The molecule has 6 atom stereocenters. The minimum atomic E-state index is -1.14. The fourth-order valence-corrected chi connectivity index (χ4v) is 6.90. The third-order valence-corrected chi connectivity index (χ3v) is 8.55. The number of nitrogens with one attached hydrogen (secondary N) is 2. The van der Waals surface area contributed by atoms with Crippen LogP contribution in [-0.2, 0) is 19.1 Å². The molecule has 0 saturated carbocycles. The quantitative estimate of drug-likeness (QED) is 0.416. The molecule has 3 N–H and O–H groups in total. The van der Waals surface area contributed by atoms with Gasteiger partial charge in [0.25, 0.3) is 0 Å². The number of ether oxygens (including phenoxy) is 1. The number of nitrogens with zero attached hydrogens (tertiary/aromatic N) is 1. The summed E-state index contributed by atoms with van der Waals surface area (Å²) >= 11 is 0. The van der Waals surface area contributed by atoms with Gasteiger partial charge in [-0.15, -0.1) is 0 Å². The summed E-state index contributed by atoms with van der Waals surface area (Å²) in [5.41, 5.74) is 0.185. The molecule has 0 aromatic heterocycles. The first kappa shape index (κ1) is 25.5. The SMILES string of the molecule is CCCNC(=O)[C@@H]1[C@@H]2CCC3(O2)C(C(=O)Nc2ccc4ccccc4c2)N([C@H](CO)c2ccccc2)C(=O)[C@H]13. The molecule has 3 fully saturated rings. The van der Waals surface area contributed by atoms with Gasteiger partial charge in [-0.2, -0.15) is 0 Å². The van der Waals surface area contributed by atoms with E-state index in [0.29, 0.717) is 25.1 Å². The second-order valence-corrected chi connectivity index (χ2v) is 10.8. The van der Waals surface area contributed by atoms with Crippen LogP contribution in [-0.4, -0.2) is 58.6 Å². The number of carbonyl (C=O) groups is 3. The van der Waals surface area contributed by atoms with Crippen LogP contribution >= 0.6 is 0 Å². The van der Waals surface area contributed by atoms with Gasteiger partial charge in [-0.3, -0.25) is 14.4 Å². The minimum Gasteiger partial charge on any atom is -0.394 e. The molecule has 202 valence electrons. The largest absolute Gasteiger partial charge is 0.394 e. The Morgan fingerprint density at radius 2 is 1.79 bits per heavy atom. The molecule has 8 heteroatoms. The number of amides is 3. The molecule has 6 rings (SSSR count). The summed E-state index contributed by atoms with van der Waals surface area (Å²) in [5.74, 6) is -2.38. The maximum Gasteiger partial charge on any atom is 0.250 e. The van der Waals surface area contributed by atoms with Crippen molar-refractivity contribution >= 4 is 34.2 Å². The fourth-order valence-electron chi connectivity index (χ4n) is 6.90. The van der Waals surface area contributed by atoms with Crippen LogP contribution < -0.4 is 10.6 Å². The van der Waals surface area contributed by atoms with Gasteiger partial charge < -0.3 is 25.4 Å². The number of aliphatic hydroxyl groups is 1. The Bertz CT molecular complexity index is 1410. The molecule has 3 aliphatic heterocycles. The van der Waals surface area contributed by atoms with E-state index in [9.17, 15) is 19.5 Å². The second-order valence-electron chi connectivity index (χ2n) is 10.8. The highest BCUT2D eigenvalue weighted by atomic mass is 16.5. The average Bonchev–Trinajstić information content (AvgIpc) is 3.60. The van der Waals surface area contributed by atoms with Crippen LogP contribution in [0.2, 0.25) is 0 Å². The molecule has 0 radical (unpaired) electrons. The highest BCUT2D eigenvalue weighted by Gasteiger charge is 2.75. The van der Waals surface area contributed by atoms with Gasteiger partial charge in [0, 0.05) is 12.2 Å². The lowest BCUT2D eigenvalue weighted by Crippen LogP contribution is -2.54. The lowest BCUT2D eigenvalue weighted by atomic mass is 9.70. The molecule has 3 aromatic carbocycles. The van der Waals surface area contributed by atoms with E-state index >= 15 is 0 Å². The van der Waals surface area contributed by atoms with Crippen molar-refractivity contribution in [1.82, 2.24) is 10.2 Å². The molecule has 3 aliphatic rings. The van der Waals surface area contributed by atoms with Gasteiger partial charge in [0.2, 0.25) is 17.7 Å². The highest BCUT2D eigenvalue weighted by Crippen LogP contribution is 2.59. The minimum absolute atomic E-state index is 0.211. The van der Waals surface area contributed by atoms with Crippen LogP contribution in [0.4, 0.5) is 5.69 Å². The maximum atomic E-state index is 14.3. The maximum absolute atomic E-state index is 14.3. The summed E-state index contributed by atoms with van der Waals surface area (Å²) in [5, 5.41) is 18.5. The van der Waals surface area contributed by atoms with Crippen molar-refractivity contribution in [2.24, 2.45) is 11.8 Å². The normalized spacial score (nSPS) is 27.9. The summed E-state index contributed by atoms with van der Waals surface area (Å²) in [7, 11) is 0. The van der Waals surface area contributed by atoms with Crippen LogP contribution in [0.3, 0.4) is 0 Å². The molecule has 39 heavy (non-hydrogen) atoms. The Hall–Kier alpha value is -3.75. The van der Waals surface area contributed by atoms with E-state index in [1.165, 1.54) is 4.90 Å². The van der Waals surface area contributed by atoms with Gasteiger partial charge in [-0.25, -0.2) is 0 Å². The summed E-state index contributed by atoms with van der Waals surface area (Å²) < 4.78 is 6.50. The van der Waals surface area contributed by atoms with Crippen LogP contribution in [0.1, 0.15) is 37.8 Å². The zero-order valence-electron chi connectivity index (χ0n) is 21.9. The van der Waals surface area contributed by atoms with E-state index in [2.05, 4.69) is 10.6 Å². The molecule has 2 unspecified atom stereocenters. The van der Waals surface area contributed by atoms with E-state index in [1.54, 1.807) is 0 Å². The third kappa shape index (κ3) is 4.10. The standard InChI is InChI=1S/C31H33N3O5/c1-2-16-32-28(36)25-24-14-15-31(39-24)26(25)30(38)34(23(18-35)20-9-4-3-5-10-20)27(31)29(37)33-22-13-12-19-8-6-7-11-21(19)17-22/h3-13,17,23-27,35H,2,14-16,18H2,1H3,(H,32,36)(H,33,37)/t23-,24+,25-,26+,27?,31?/m1/s1. The van der Waals surface area contributed by atoms with Crippen LogP contribution in [0.25, 0.3) is 10.8 Å². The van der Waals surface area contributed by atoms with Crippen molar-refractivity contribution in [3.63, 3.8) is 0 Å². The molecular formula is C31H33N3O5. The Morgan fingerprint density at radius 1 is 1.05 bits per heavy atom. The lowest BCUT2D eigenvalue weighted by molar-refractivity contribution is -0.144. The van der Waals surface area contributed by atoms with Gasteiger partial charge in [0.1, 0.15) is 11.6 Å². The van der Waals surface area contributed by atoms with Crippen molar-refractivity contribution in [3.8, 4) is 0 Å². The lowest BCUT2D eigenvalue weighted by Gasteiger charge is -2.36. The molecule has 1 spiro atoms. The van der Waals surface area contributed by atoms with Gasteiger partial charge >= 0.3 is 0 Å². The number of benzene rings is 3. The number of aliphatic hydroxyl groups excluding tert-OH is 1. The van der Waals surface area contributed by atoms with Crippen LogP contribution in [0.5, 0.6) is 0 Å². The Morgan fingerprint density at radius 3 is 2.54 bits per heavy atom. The van der Waals surface area contributed by atoms with E-state index in [1.807, 2.05) is 79.7 Å². The number of carbonyl (C=O) groups excluding carboxylic acids is 3. The first-order valence-electron chi connectivity index (χ1n) is 13.7. The van der Waals surface area contributed by atoms with E-state index in [4.69, 9.17) is 4.74 Å². The number of likely N-dealkylation sites (tertiary alicyclic amines) is 1. The summed E-state index contributed by atoms with van der Waals surface area (Å²) in [6.45, 7) is 2.11. The van der Waals surface area contributed by atoms with Crippen LogP contribution in [0.15, 0.2) is 72.8 Å². The number of rotatable bonds is 8. The highest BCUT2D eigenvalue weighted by molar-refractivity contribution is 6.04. The molecular weight excluding hydrogens is 494 g/mol. The van der Waals surface area contributed by atoms with Crippen LogP contribution in [0, 0.1) is 11.8 Å². The molecule has 3 heterocycles. The van der Waals surface area contributed by atoms with E-state index in [-0.39, 0.29) is 24.3 Å². The molecule has 3 saturated heterocycles. The third-order valence-electron chi connectivity index (χ3n) is 8.55. The topological polar surface area (TPSA) is 108 Å². The Labute approximate surface area is 227 Å². The Kier molecular flexibility index (Phi) is 6.61. The van der Waals surface area contributed by atoms with Crippen molar-refractivity contribution in [3.05, 3.63) is 78.4 Å². The predicted octanol–water partition coefficient (Wildman–Crippen LogP) is 3.41. The fraction of sp³-hybridized carbons (Fsp3) is 0.387. The number of fused-ring (bicyclic) bond motifs is 2. The summed E-state index contributed by atoms with van der Waals surface area (Å²) in [4.78, 5) is 43.2. The number of hydrogen-bond donors (Lipinski definition) is 3. The first-order chi connectivity index (χ1) is 19.0. The zero-order chi connectivity index (χ0) is 27.1. The smallest absolute Gasteiger partial charge is 0.250 e. The van der Waals surface area contributed by atoms with Gasteiger partial charge in [-0.05, 0) is 47.7 Å². The van der Waals surface area contributed by atoms with E-state index < -0.39 is 35.6 Å². The summed E-state index contributed by atoms with van der Waals surface area (Å²) in [6.07, 6.45) is 1.44. The second kappa shape index (κ2) is 10.1. The van der Waals surface area contributed by atoms with Crippen molar-refractivity contribution in [1.29, 1.82) is 0 Å². The van der Waals surface area contributed by atoms with Gasteiger partial charge in [-0.1, -0.05) is 67.6 Å². The Balaban J connectivity index is 1.40. The van der Waals surface area contributed by atoms with Crippen molar-refractivity contribution in [2.45, 2.75) is 50.0 Å². The van der Waals surface area contributed by atoms with Crippen molar-refractivity contribution in [2.75, 3.05) is 18.5 Å². The molecule has 0 aliphatic carbocycles. The first-order valence-corrected chi connectivity index (χ1v) is 13.7. The number of hydrogen-bond acceptors (Lipinski definition) is 5. The monoisotopic (exact) mass is 527 g/mol. The van der Waals surface area contributed by atoms with Gasteiger partial charge in [0.15, 0.2) is 0 Å². The molecule has 2 bridgehead atoms. The molecule has 3 amide bonds. The summed E-state index contributed by atoms with van der Waals surface area (Å²) in [6, 6.07) is 21.0. The van der Waals surface area contributed by atoms with Gasteiger partial charge in [0.05, 0.1) is 30.6 Å². The molecule has 8 nitrogen and oxygen atoms in total. The van der Waals surface area contributed by atoms with Crippen molar-refractivity contribution < 1.29 is 24.2 Å².